The maximum atomic E-state index is 12.6. The van der Waals surface area contributed by atoms with Gasteiger partial charge in [-0.1, -0.05) is 6.07 Å². The Bertz CT molecular complexity index is 740. The van der Waals surface area contributed by atoms with Gasteiger partial charge in [0.05, 0.1) is 12.3 Å². The highest BCUT2D eigenvalue weighted by atomic mass is 32.2. The van der Waals surface area contributed by atoms with Crippen molar-refractivity contribution in [2.75, 3.05) is 24.7 Å². The molecule has 3 rings (SSSR count). The lowest BCUT2D eigenvalue weighted by molar-refractivity contribution is -0.121. The topological polar surface area (TPSA) is 78.5 Å². The van der Waals surface area contributed by atoms with Gasteiger partial charge in [0.25, 0.3) is 0 Å². The van der Waals surface area contributed by atoms with Crippen LogP contribution in [0.4, 0.5) is 5.69 Å². The molecule has 7 heteroatoms. The van der Waals surface area contributed by atoms with Crippen LogP contribution in [-0.2, 0) is 27.7 Å². The summed E-state index contributed by atoms with van der Waals surface area (Å²) in [5.74, 6) is -0.00697. The first-order valence-electron chi connectivity index (χ1n) is 8.96. The standard InChI is InChI=1S/C18H27N3O3S/c1-13(21-10-8-16(9-11-21)20-25(2,23)24)18(22)19-17-7-6-14-4-3-5-15(14)12-17/h6-7,12-13,16,20H,3-5,8-11H2,1-2H3,(H,19,22)/t13-/m0/s1. The normalized spacial score (nSPS) is 20.2. The third kappa shape index (κ3) is 4.80. The van der Waals surface area contributed by atoms with Crippen molar-refractivity contribution >= 4 is 21.6 Å². The number of anilines is 1. The predicted molar refractivity (Wildman–Crippen MR) is 99.1 cm³/mol. The van der Waals surface area contributed by atoms with Crippen molar-refractivity contribution < 1.29 is 13.2 Å². The molecule has 138 valence electrons. The van der Waals surface area contributed by atoms with Crippen molar-refractivity contribution in [2.45, 2.75) is 51.1 Å². The fourth-order valence-corrected chi connectivity index (χ4v) is 4.61. The summed E-state index contributed by atoms with van der Waals surface area (Å²) in [4.78, 5) is 14.7. The number of likely N-dealkylation sites (tertiary alicyclic amines) is 1. The molecule has 0 aromatic heterocycles. The second kappa shape index (κ2) is 7.43. The number of rotatable bonds is 5. The number of carbonyl (C=O) groups is 1. The molecule has 1 amide bonds. The molecule has 0 bridgehead atoms. The Morgan fingerprint density at radius 3 is 2.56 bits per heavy atom. The fourth-order valence-electron chi connectivity index (χ4n) is 3.77. The van der Waals surface area contributed by atoms with E-state index in [2.05, 4.69) is 27.1 Å². The number of aryl methyl sites for hydroxylation is 2. The minimum atomic E-state index is -3.17. The molecule has 0 radical (unpaired) electrons. The minimum Gasteiger partial charge on any atom is -0.325 e. The molecule has 2 N–H and O–H groups in total. The first-order chi connectivity index (χ1) is 11.8. The summed E-state index contributed by atoms with van der Waals surface area (Å²) in [5.41, 5.74) is 3.61. The van der Waals surface area contributed by atoms with Crippen molar-refractivity contribution in [3.8, 4) is 0 Å². The van der Waals surface area contributed by atoms with E-state index in [4.69, 9.17) is 0 Å². The lowest BCUT2D eigenvalue weighted by Gasteiger charge is -2.35. The van der Waals surface area contributed by atoms with Crippen LogP contribution < -0.4 is 10.0 Å². The van der Waals surface area contributed by atoms with Gasteiger partial charge in [0.1, 0.15) is 0 Å². The highest BCUT2D eigenvalue weighted by Crippen LogP contribution is 2.25. The van der Waals surface area contributed by atoms with Crippen LogP contribution in [0.15, 0.2) is 18.2 Å². The Morgan fingerprint density at radius 1 is 1.20 bits per heavy atom. The van der Waals surface area contributed by atoms with E-state index in [1.165, 1.54) is 23.8 Å². The summed E-state index contributed by atoms with van der Waals surface area (Å²) in [6.45, 7) is 3.34. The molecule has 1 aliphatic carbocycles. The summed E-state index contributed by atoms with van der Waals surface area (Å²) in [6, 6.07) is 5.93. The van der Waals surface area contributed by atoms with Crippen LogP contribution >= 0.6 is 0 Å². The van der Waals surface area contributed by atoms with Gasteiger partial charge in [-0.2, -0.15) is 0 Å². The van der Waals surface area contributed by atoms with E-state index in [9.17, 15) is 13.2 Å². The molecule has 1 aromatic rings. The maximum Gasteiger partial charge on any atom is 0.241 e. The molecule has 0 saturated carbocycles. The average Bonchev–Trinajstić information content (AvgIpc) is 3.01. The minimum absolute atomic E-state index is 0.00697. The Hall–Kier alpha value is -1.44. The van der Waals surface area contributed by atoms with Gasteiger partial charge in [0.15, 0.2) is 0 Å². The first kappa shape index (κ1) is 18.4. The molecule has 2 aliphatic rings. The Labute approximate surface area is 150 Å². The monoisotopic (exact) mass is 365 g/mol. The van der Waals surface area contributed by atoms with Gasteiger partial charge in [-0.05, 0) is 62.3 Å². The van der Waals surface area contributed by atoms with Crippen molar-refractivity contribution in [1.82, 2.24) is 9.62 Å². The number of hydrogen-bond acceptors (Lipinski definition) is 4. The molecule has 0 spiro atoms. The zero-order chi connectivity index (χ0) is 18.0. The van der Waals surface area contributed by atoms with Gasteiger partial charge in [-0.3, -0.25) is 9.69 Å². The van der Waals surface area contributed by atoms with E-state index in [-0.39, 0.29) is 18.0 Å². The van der Waals surface area contributed by atoms with Crippen LogP contribution in [0, 0.1) is 0 Å². The first-order valence-corrected chi connectivity index (χ1v) is 10.8. The van der Waals surface area contributed by atoms with Crippen LogP contribution in [0.1, 0.15) is 37.3 Å². The summed E-state index contributed by atoms with van der Waals surface area (Å²) >= 11 is 0. The highest BCUT2D eigenvalue weighted by Gasteiger charge is 2.27. The van der Waals surface area contributed by atoms with Crippen molar-refractivity contribution in [2.24, 2.45) is 0 Å². The van der Waals surface area contributed by atoms with Crippen molar-refractivity contribution in [3.63, 3.8) is 0 Å². The zero-order valence-electron chi connectivity index (χ0n) is 14.9. The Kier molecular flexibility index (Phi) is 5.46. The molecule has 0 unspecified atom stereocenters. The summed E-state index contributed by atoms with van der Waals surface area (Å²) in [5, 5.41) is 3.03. The molecule has 1 aromatic carbocycles. The number of sulfonamides is 1. The molecule has 25 heavy (non-hydrogen) atoms. The SMILES string of the molecule is C[C@@H](C(=O)Nc1ccc2c(c1)CCC2)N1CCC(NS(C)(=O)=O)CC1. The number of fused-ring (bicyclic) bond motifs is 1. The molecule has 1 aliphatic heterocycles. The molecular weight excluding hydrogens is 338 g/mol. The number of amides is 1. The molecular formula is C18H27N3O3S. The van der Waals surface area contributed by atoms with Gasteiger partial charge < -0.3 is 5.32 Å². The highest BCUT2D eigenvalue weighted by molar-refractivity contribution is 7.88. The van der Waals surface area contributed by atoms with E-state index in [1.54, 1.807) is 0 Å². The third-order valence-corrected chi connectivity index (χ3v) is 5.96. The lowest BCUT2D eigenvalue weighted by Crippen LogP contribution is -2.50. The molecule has 1 fully saturated rings. The fraction of sp³-hybridized carbons (Fsp3) is 0.611. The number of nitrogens with zero attached hydrogens (tertiary/aromatic N) is 1. The third-order valence-electron chi connectivity index (χ3n) is 5.20. The van der Waals surface area contributed by atoms with Crippen LogP contribution in [0.25, 0.3) is 0 Å². The average molecular weight is 365 g/mol. The van der Waals surface area contributed by atoms with Crippen LogP contribution in [-0.4, -0.2) is 50.7 Å². The summed E-state index contributed by atoms with van der Waals surface area (Å²) in [6.07, 6.45) is 6.06. The van der Waals surface area contributed by atoms with Crippen molar-refractivity contribution in [3.05, 3.63) is 29.3 Å². The smallest absolute Gasteiger partial charge is 0.241 e. The zero-order valence-corrected chi connectivity index (χ0v) is 15.7. The predicted octanol–water partition coefficient (Wildman–Crippen LogP) is 1.52. The van der Waals surface area contributed by atoms with E-state index in [1.807, 2.05) is 13.0 Å². The maximum absolute atomic E-state index is 12.6. The molecule has 6 nitrogen and oxygen atoms in total. The summed E-state index contributed by atoms with van der Waals surface area (Å²) in [7, 11) is -3.17. The van der Waals surface area contributed by atoms with Gasteiger partial charge in [-0.15, -0.1) is 0 Å². The van der Waals surface area contributed by atoms with Gasteiger partial charge >= 0.3 is 0 Å². The van der Waals surface area contributed by atoms with Gasteiger partial charge in [-0.25, -0.2) is 13.1 Å². The lowest BCUT2D eigenvalue weighted by atomic mass is 10.0. The Morgan fingerprint density at radius 2 is 1.88 bits per heavy atom. The van der Waals surface area contributed by atoms with E-state index >= 15 is 0 Å². The van der Waals surface area contributed by atoms with E-state index < -0.39 is 10.0 Å². The summed E-state index contributed by atoms with van der Waals surface area (Å²) < 4.78 is 25.3. The van der Waals surface area contributed by atoms with E-state index in [0.717, 1.165) is 31.4 Å². The number of nitrogens with one attached hydrogen (secondary N) is 2. The number of carbonyl (C=O) groups excluding carboxylic acids is 1. The quantitative estimate of drug-likeness (QED) is 0.829. The van der Waals surface area contributed by atoms with E-state index in [0.29, 0.717) is 13.1 Å². The molecule has 1 atom stereocenters. The van der Waals surface area contributed by atoms with Crippen LogP contribution in [0.2, 0.25) is 0 Å². The number of piperidine rings is 1. The second-order valence-corrected chi connectivity index (χ2v) is 8.98. The number of benzene rings is 1. The second-order valence-electron chi connectivity index (χ2n) is 7.20. The van der Waals surface area contributed by atoms with Crippen LogP contribution in [0.5, 0.6) is 0 Å². The van der Waals surface area contributed by atoms with Gasteiger partial charge in [0, 0.05) is 24.8 Å². The van der Waals surface area contributed by atoms with Gasteiger partial charge in [0.2, 0.25) is 15.9 Å². The Balaban J connectivity index is 1.53. The molecule has 1 heterocycles. The van der Waals surface area contributed by atoms with Crippen LogP contribution in [0.3, 0.4) is 0 Å². The largest absolute Gasteiger partial charge is 0.325 e. The van der Waals surface area contributed by atoms with Crippen molar-refractivity contribution in [1.29, 1.82) is 0 Å². The number of hydrogen-bond donors (Lipinski definition) is 2. The molecule has 1 saturated heterocycles.